The zero-order valence-corrected chi connectivity index (χ0v) is 12.9. The minimum atomic E-state index is -3.88. The molecule has 0 radical (unpaired) electrons. The first kappa shape index (κ1) is 15.8. The number of nitrogens with zero attached hydrogens (tertiary/aromatic N) is 2. The minimum absolute atomic E-state index is 0.160. The van der Waals surface area contributed by atoms with Crippen molar-refractivity contribution in [3.05, 3.63) is 33.6 Å². The maximum atomic E-state index is 13.5. The van der Waals surface area contributed by atoms with E-state index in [1.807, 2.05) is 6.92 Å². The van der Waals surface area contributed by atoms with Gasteiger partial charge in [-0.2, -0.15) is 8.70 Å². The highest BCUT2D eigenvalue weighted by molar-refractivity contribution is 7.89. The summed E-state index contributed by atoms with van der Waals surface area (Å²) in [7, 11) is -2.43. The van der Waals surface area contributed by atoms with E-state index in [0.717, 1.165) is 25.0 Å². The van der Waals surface area contributed by atoms with Crippen LogP contribution in [0.2, 0.25) is 0 Å². The Morgan fingerprint density at radius 3 is 2.48 bits per heavy atom. The summed E-state index contributed by atoms with van der Waals surface area (Å²) in [4.78, 5) is 9.66. The van der Waals surface area contributed by atoms with Crippen LogP contribution in [0.15, 0.2) is 17.0 Å². The number of halogens is 1. The molecule has 6 nitrogen and oxygen atoms in total. The molecule has 1 aliphatic rings. The summed E-state index contributed by atoms with van der Waals surface area (Å²) < 4.78 is 39.9. The van der Waals surface area contributed by atoms with Gasteiger partial charge in [0.2, 0.25) is 15.8 Å². The third kappa shape index (κ3) is 2.91. The molecule has 2 rings (SSSR count). The molecule has 0 amide bonds. The summed E-state index contributed by atoms with van der Waals surface area (Å²) in [6.07, 6.45) is 1.95. The van der Waals surface area contributed by atoms with Crippen molar-refractivity contribution in [2.45, 2.75) is 37.6 Å². The Kier molecular flexibility index (Phi) is 4.03. The van der Waals surface area contributed by atoms with Gasteiger partial charge in [-0.25, -0.2) is 8.42 Å². The molecule has 1 aliphatic carbocycles. The van der Waals surface area contributed by atoms with Crippen LogP contribution >= 0.6 is 0 Å². The van der Waals surface area contributed by atoms with Gasteiger partial charge in [0.05, 0.1) is 9.82 Å². The largest absolute Gasteiger partial charge is 0.306 e. The molecular weight excluding hydrogens is 299 g/mol. The first-order chi connectivity index (χ1) is 9.66. The molecular formula is C13H17FN2O4S. The van der Waals surface area contributed by atoms with Gasteiger partial charge in [-0.1, -0.05) is 0 Å². The topological polar surface area (TPSA) is 80.5 Å². The second-order valence-corrected chi connectivity index (χ2v) is 7.39. The van der Waals surface area contributed by atoms with Gasteiger partial charge in [0.25, 0.3) is 0 Å². The molecule has 0 bridgehead atoms. The second kappa shape index (κ2) is 5.34. The van der Waals surface area contributed by atoms with Crippen molar-refractivity contribution < 1.29 is 17.7 Å². The first-order valence-electron chi connectivity index (χ1n) is 6.59. The van der Waals surface area contributed by atoms with Gasteiger partial charge in [0.15, 0.2) is 0 Å². The summed E-state index contributed by atoms with van der Waals surface area (Å²) in [6, 6.07) is 1.51. The van der Waals surface area contributed by atoms with Gasteiger partial charge >= 0.3 is 5.69 Å². The minimum Gasteiger partial charge on any atom is -0.258 e. The predicted molar refractivity (Wildman–Crippen MR) is 74.9 cm³/mol. The number of benzene rings is 1. The van der Waals surface area contributed by atoms with Crippen LogP contribution < -0.4 is 0 Å². The molecule has 21 heavy (non-hydrogen) atoms. The number of nitro groups is 1. The van der Waals surface area contributed by atoms with Crippen LogP contribution in [0.1, 0.15) is 25.3 Å². The Balaban J connectivity index is 2.48. The average Bonchev–Trinajstić information content (AvgIpc) is 3.20. The fraction of sp³-hybridized carbons (Fsp3) is 0.538. The highest BCUT2D eigenvalue weighted by Crippen LogP contribution is 2.37. The molecule has 0 aromatic heterocycles. The monoisotopic (exact) mass is 316 g/mol. The van der Waals surface area contributed by atoms with Crippen LogP contribution in [-0.4, -0.2) is 30.7 Å². The summed E-state index contributed by atoms with van der Waals surface area (Å²) in [6.45, 7) is 3.23. The Labute approximate surface area is 122 Å². The van der Waals surface area contributed by atoms with Crippen LogP contribution in [-0.2, 0) is 10.0 Å². The Morgan fingerprint density at radius 1 is 1.43 bits per heavy atom. The molecule has 0 spiro atoms. The number of rotatable bonds is 5. The smallest absolute Gasteiger partial charge is 0.258 e. The molecule has 1 aromatic rings. The van der Waals surface area contributed by atoms with E-state index in [0.29, 0.717) is 5.92 Å². The summed E-state index contributed by atoms with van der Waals surface area (Å²) in [5.74, 6) is -0.713. The molecule has 1 fully saturated rings. The standard InChI is InChI=1S/C13H17FN2O4S/c1-8-6-11(14)12(16(17)18)7-13(8)21(19,20)15(3)9(2)10-4-5-10/h6-7,9-10H,4-5H2,1-3H3. The van der Waals surface area contributed by atoms with Crippen LogP contribution in [0, 0.1) is 28.8 Å². The van der Waals surface area contributed by atoms with E-state index in [4.69, 9.17) is 0 Å². The number of hydrogen-bond acceptors (Lipinski definition) is 4. The van der Waals surface area contributed by atoms with Crippen LogP contribution in [0.5, 0.6) is 0 Å². The lowest BCUT2D eigenvalue weighted by Gasteiger charge is -2.24. The Hall–Kier alpha value is -1.54. The average molecular weight is 316 g/mol. The van der Waals surface area contributed by atoms with Crippen LogP contribution in [0.3, 0.4) is 0 Å². The summed E-state index contributed by atoms with van der Waals surface area (Å²) in [5.41, 5.74) is -0.667. The number of sulfonamides is 1. The number of nitro benzene ring substituents is 1. The van der Waals surface area contributed by atoms with E-state index in [2.05, 4.69) is 0 Å². The molecule has 1 aromatic carbocycles. The Morgan fingerprint density at radius 2 is 2.00 bits per heavy atom. The summed E-state index contributed by atoms with van der Waals surface area (Å²) in [5, 5.41) is 10.8. The highest BCUT2D eigenvalue weighted by Gasteiger charge is 2.37. The fourth-order valence-electron chi connectivity index (χ4n) is 2.31. The van der Waals surface area contributed by atoms with Crippen LogP contribution in [0.4, 0.5) is 10.1 Å². The van der Waals surface area contributed by atoms with Crippen molar-refractivity contribution in [3.63, 3.8) is 0 Å². The molecule has 0 heterocycles. The molecule has 0 N–H and O–H groups in total. The van der Waals surface area contributed by atoms with Crippen molar-refractivity contribution >= 4 is 15.7 Å². The predicted octanol–water partition coefficient (Wildman–Crippen LogP) is 2.46. The second-order valence-electron chi connectivity index (χ2n) is 5.43. The molecule has 0 aliphatic heterocycles. The molecule has 1 atom stereocenters. The number of aryl methyl sites for hydroxylation is 1. The molecule has 0 saturated heterocycles. The first-order valence-corrected chi connectivity index (χ1v) is 8.03. The van der Waals surface area contributed by atoms with E-state index in [-0.39, 0.29) is 16.5 Å². The van der Waals surface area contributed by atoms with Crippen molar-refractivity contribution in [2.75, 3.05) is 7.05 Å². The van der Waals surface area contributed by atoms with E-state index in [1.54, 1.807) is 0 Å². The van der Waals surface area contributed by atoms with Crippen molar-refractivity contribution in [2.24, 2.45) is 5.92 Å². The quantitative estimate of drug-likeness (QED) is 0.617. The third-order valence-corrected chi connectivity index (χ3v) is 6.06. The third-order valence-electron chi connectivity index (χ3n) is 3.98. The van der Waals surface area contributed by atoms with E-state index >= 15 is 0 Å². The van der Waals surface area contributed by atoms with Gasteiger partial charge in [0.1, 0.15) is 0 Å². The maximum Gasteiger partial charge on any atom is 0.306 e. The SMILES string of the molecule is Cc1cc(F)c([N+](=O)[O-])cc1S(=O)(=O)N(C)C(C)C1CC1. The van der Waals surface area contributed by atoms with Gasteiger partial charge in [-0.3, -0.25) is 10.1 Å². The van der Waals surface area contributed by atoms with E-state index < -0.39 is 26.5 Å². The molecule has 1 saturated carbocycles. The van der Waals surface area contributed by atoms with Crippen molar-refractivity contribution in [1.29, 1.82) is 0 Å². The maximum absolute atomic E-state index is 13.5. The van der Waals surface area contributed by atoms with Gasteiger partial charge in [-0.15, -0.1) is 0 Å². The highest BCUT2D eigenvalue weighted by atomic mass is 32.2. The van der Waals surface area contributed by atoms with Gasteiger partial charge in [0, 0.05) is 19.2 Å². The lowest BCUT2D eigenvalue weighted by molar-refractivity contribution is -0.387. The van der Waals surface area contributed by atoms with E-state index in [9.17, 15) is 22.9 Å². The molecule has 1 unspecified atom stereocenters. The van der Waals surface area contributed by atoms with Crippen molar-refractivity contribution in [1.82, 2.24) is 4.31 Å². The molecule has 116 valence electrons. The normalized spacial score (nSPS) is 17.0. The van der Waals surface area contributed by atoms with Gasteiger partial charge < -0.3 is 0 Å². The molecule has 8 heteroatoms. The lowest BCUT2D eigenvalue weighted by Crippen LogP contribution is -2.36. The number of hydrogen-bond donors (Lipinski definition) is 0. The van der Waals surface area contributed by atoms with Crippen molar-refractivity contribution in [3.8, 4) is 0 Å². The zero-order valence-electron chi connectivity index (χ0n) is 12.0. The zero-order chi connectivity index (χ0) is 15.9. The van der Waals surface area contributed by atoms with Gasteiger partial charge in [-0.05, 0) is 44.2 Å². The Bertz CT molecular complexity index is 686. The lowest BCUT2D eigenvalue weighted by atomic mass is 10.2. The van der Waals surface area contributed by atoms with E-state index in [1.165, 1.54) is 18.3 Å². The van der Waals surface area contributed by atoms with Crippen LogP contribution in [0.25, 0.3) is 0 Å². The summed E-state index contributed by atoms with van der Waals surface area (Å²) >= 11 is 0. The fourth-order valence-corrected chi connectivity index (χ4v) is 3.96.